The van der Waals surface area contributed by atoms with Crippen molar-refractivity contribution in [2.24, 2.45) is 5.73 Å². The maximum absolute atomic E-state index is 13.6. The van der Waals surface area contributed by atoms with E-state index in [4.69, 9.17) is 19.9 Å². The Balaban J connectivity index is 1.70. The number of hydrogen-bond donors (Lipinski definition) is 6. The van der Waals surface area contributed by atoms with Gasteiger partial charge in [0.1, 0.15) is 29.5 Å². The van der Waals surface area contributed by atoms with Crippen molar-refractivity contribution >= 4 is 17.3 Å². The fourth-order valence-corrected chi connectivity index (χ4v) is 5.72. The number of aliphatic hydroxyl groups excluding tert-OH is 2. The molecule has 12 heteroatoms. The number of aromatic hydroxyl groups is 2. The Morgan fingerprint density at radius 3 is 2.51 bits per heavy atom. The standard InChI is InChI=1S/C27H29NO11/c1-10-22(31)21(28)15(9-38-10)39-14-7-27(36,16(30)8-29)6-12-18(14)26(35)20-19(24(12)33)23(32)11-4-3-5-13(37-2)17(11)25(20)34/h3-5,10,14-15,21-22,29,31,33,35-36H,6-9,28H2,1-2H3. The number of ketones is 3. The summed E-state index contributed by atoms with van der Waals surface area (Å²) in [6.45, 7) is 0.528. The van der Waals surface area contributed by atoms with Gasteiger partial charge in [0.05, 0.1) is 60.9 Å². The Morgan fingerprint density at radius 2 is 1.85 bits per heavy atom. The van der Waals surface area contributed by atoms with E-state index in [1.54, 1.807) is 6.92 Å². The molecule has 1 saturated heterocycles. The molecule has 0 spiro atoms. The zero-order valence-corrected chi connectivity index (χ0v) is 21.2. The van der Waals surface area contributed by atoms with E-state index in [-0.39, 0.29) is 34.6 Å². The number of hydrogen-bond acceptors (Lipinski definition) is 12. The van der Waals surface area contributed by atoms with Gasteiger partial charge in [0.2, 0.25) is 5.78 Å². The first-order chi connectivity index (χ1) is 18.4. The molecule has 2 aromatic carbocycles. The highest BCUT2D eigenvalue weighted by atomic mass is 16.6. The maximum atomic E-state index is 13.6. The lowest BCUT2D eigenvalue weighted by atomic mass is 9.71. The third-order valence-corrected chi connectivity index (χ3v) is 7.91. The molecular weight excluding hydrogens is 514 g/mol. The number of ether oxygens (including phenoxy) is 3. The Labute approximate surface area is 222 Å². The first-order valence-corrected chi connectivity index (χ1v) is 12.4. The van der Waals surface area contributed by atoms with Crippen LogP contribution in [0.1, 0.15) is 62.4 Å². The predicted molar refractivity (Wildman–Crippen MR) is 132 cm³/mol. The molecular formula is C27H29NO11. The van der Waals surface area contributed by atoms with E-state index in [0.29, 0.717) is 0 Å². The highest BCUT2D eigenvalue weighted by Gasteiger charge is 2.50. The van der Waals surface area contributed by atoms with Crippen LogP contribution in [-0.4, -0.2) is 93.2 Å². The zero-order chi connectivity index (χ0) is 28.4. The molecule has 0 amide bonds. The van der Waals surface area contributed by atoms with Crippen LogP contribution in [0.5, 0.6) is 17.2 Å². The van der Waals surface area contributed by atoms with Crippen LogP contribution in [0, 0.1) is 0 Å². The summed E-state index contributed by atoms with van der Waals surface area (Å²) in [4.78, 5) is 39.8. The first kappa shape index (κ1) is 27.2. The largest absolute Gasteiger partial charge is 0.507 e. The molecule has 3 aliphatic rings. The second-order valence-corrected chi connectivity index (χ2v) is 10.1. The summed E-state index contributed by atoms with van der Waals surface area (Å²) in [6, 6.07) is 3.41. The minimum atomic E-state index is -2.25. The monoisotopic (exact) mass is 543 g/mol. The van der Waals surface area contributed by atoms with Crippen molar-refractivity contribution in [3.05, 3.63) is 51.6 Å². The van der Waals surface area contributed by atoms with Crippen molar-refractivity contribution in [2.75, 3.05) is 20.3 Å². The second kappa shape index (κ2) is 9.66. The fraction of sp³-hybridized carbons (Fsp3) is 0.444. The smallest absolute Gasteiger partial charge is 0.202 e. The Bertz CT molecular complexity index is 1390. The zero-order valence-electron chi connectivity index (χ0n) is 21.2. The molecule has 12 nitrogen and oxygen atoms in total. The molecule has 39 heavy (non-hydrogen) atoms. The van der Waals surface area contributed by atoms with E-state index >= 15 is 0 Å². The number of methoxy groups -OCH3 is 1. The molecule has 6 unspecified atom stereocenters. The fourth-order valence-electron chi connectivity index (χ4n) is 5.72. The summed E-state index contributed by atoms with van der Waals surface area (Å²) < 4.78 is 16.9. The maximum Gasteiger partial charge on any atom is 0.202 e. The van der Waals surface area contributed by atoms with E-state index in [0.717, 1.165) is 0 Å². The number of rotatable bonds is 5. The lowest BCUT2D eigenvalue weighted by Crippen LogP contribution is -2.58. The molecule has 1 heterocycles. The average molecular weight is 544 g/mol. The summed E-state index contributed by atoms with van der Waals surface area (Å²) in [5.41, 5.74) is 2.48. The van der Waals surface area contributed by atoms with Gasteiger partial charge in [-0.2, -0.15) is 0 Å². The van der Waals surface area contributed by atoms with E-state index in [9.17, 15) is 39.9 Å². The van der Waals surface area contributed by atoms with Crippen LogP contribution in [0.2, 0.25) is 0 Å². The first-order valence-electron chi connectivity index (χ1n) is 12.4. The van der Waals surface area contributed by atoms with Gasteiger partial charge >= 0.3 is 0 Å². The van der Waals surface area contributed by atoms with Crippen molar-refractivity contribution in [1.29, 1.82) is 0 Å². The molecule has 2 aromatic rings. The van der Waals surface area contributed by atoms with Gasteiger partial charge in [0.25, 0.3) is 0 Å². The second-order valence-electron chi connectivity index (χ2n) is 10.1. The Morgan fingerprint density at radius 1 is 1.15 bits per heavy atom. The van der Waals surface area contributed by atoms with Crippen LogP contribution in [0.3, 0.4) is 0 Å². The van der Waals surface area contributed by atoms with Gasteiger partial charge in [-0.25, -0.2) is 0 Å². The molecule has 5 rings (SSSR count). The summed E-state index contributed by atoms with van der Waals surface area (Å²) >= 11 is 0. The Kier molecular flexibility index (Phi) is 6.74. The van der Waals surface area contributed by atoms with Crippen LogP contribution in [-0.2, 0) is 20.7 Å². The molecule has 0 radical (unpaired) electrons. The third-order valence-electron chi connectivity index (χ3n) is 7.91. The van der Waals surface area contributed by atoms with Gasteiger partial charge in [-0.3, -0.25) is 14.4 Å². The van der Waals surface area contributed by atoms with E-state index in [2.05, 4.69) is 0 Å². The third kappa shape index (κ3) is 4.03. The summed E-state index contributed by atoms with van der Waals surface area (Å²) in [5, 5.41) is 54.0. The topological polar surface area (TPSA) is 206 Å². The minimum absolute atomic E-state index is 0.0553. The summed E-state index contributed by atoms with van der Waals surface area (Å²) in [7, 11) is 1.32. The van der Waals surface area contributed by atoms with Gasteiger partial charge in [-0.15, -0.1) is 0 Å². The van der Waals surface area contributed by atoms with Gasteiger partial charge in [-0.05, 0) is 13.0 Å². The molecule has 7 N–H and O–H groups in total. The molecule has 6 atom stereocenters. The summed E-state index contributed by atoms with van der Waals surface area (Å²) in [6.07, 6.45) is -5.09. The van der Waals surface area contributed by atoms with Crippen LogP contribution >= 0.6 is 0 Å². The number of Topliss-reactive ketones (excluding diaryl/α,β-unsaturated/α-hetero) is 1. The van der Waals surface area contributed by atoms with Crippen LogP contribution < -0.4 is 10.5 Å². The number of nitrogens with two attached hydrogens (primary N) is 1. The van der Waals surface area contributed by atoms with Crippen molar-refractivity contribution in [3.8, 4) is 17.2 Å². The molecule has 208 valence electrons. The van der Waals surface area contributed by atoms with E-state index in [1.807, 2.05) is 0 Å². The average Bonchev–Trinajstić information content (AvgIpc) is 2.92. The molecule has 0 aromatic heterocycles. The minimum Gasteiger partial charge on any atom is -0.507 e. The van der Waals surface area contributed by atoms with Gasteiger partial charge in [0, 0.05) is 29.5 Å². The van der Waals surface area contributed by atoms with E-state index < -0.39 is 95.5 Å². The molecule has 1 fully saturated rings. The normalized spacial score (nSPS) is 29.8. The lowest BCUT2D eigenvalue weighted by molar-refractivity contribution is -0.176. The summed E-state index contributed by atoms with van der Waals surface area (Å²) in [5.74, 6) is -3.81. The highest BCUT2D eigenvalue weighted by molar-refractivity contribution is 6.31. The number of carbonyl (C=O) groups is 3. The molecule has 2 aliphatic carbocycles. The van der Waals surface area contributed by atoms with Crippen molar-refractivity contribution in [2.45, 2.75) is 55.8 Å². The van der Waals surface area contributed by atoms with Crippen LogP contribution in [0.4, 0.5) is 0 Å². The van der Waals surface area contributed by atoms with Gasteiger partial charge in [0.15, 0.2) is 11.6 Å². The van der Waals surface area contributed by atoms with Crippen molar-refractivity contribution in [1.82, 2.24) is 0 Å². The number of benzene rings is 2. The number of phenolic OH excluding ortho intramolecular Hbond substituents is 2. The Hall–Kier alpha value is -3.39. The number of phenols is 2. The quantitative estimate of drug-likeness (QED) is 0.229. The van der Waals surface area contributed by atoms with Gasteiger partial charge in [-0.1, -0.05) is 12.1 Å². The predicted octanol–water partition coefficient (Wildman–Crippen LogP) is -0.346. The molecule has 0 bridgehead atoms. The SMILES string of the molecule is COc1cccc2c1C(=O)c1c(O)c3c(c(O)c1C2=O)CC(O)(C(=O)CO)CC3OC1COC(C)C(O)C1N. The van der Waals surface area contributed by atoms with Crippen LogP contribution in [0.15, 0.2) is 18.2 Å². The highest BCUT2D eigenvalue weighted by Crippen LogP contribution is 2.52. The molecule has 1 aliphatic heterocycles. The van der Waals surface area contributed by atoms with Crippen LogP contribution in [0.25, 0.3) is 0 Å². The van der Waals surface area contributed by atoms with Gasteiger partial charge < -0.3 is 45.5 Å². The van der Waals surface area contributed by atoms with Crippen molar-refractivity contribution < 1.29 is 54.1 Å². The molecule has 0 saturated carbocycles. The van der Waals surface area contributed by atoms with Crippen molar-refractivity contribution in [3.63, 3.8) is 0 Å². The number of aliphatic hydroxyl groups is 3. The number of fused-ring (bicyclic) bond motifs is 3. The lowest BCUT2D eigenvalue weighted by Gasteiger charge is -2.43. The van der Waals surface area contributed by atoms with E-state index in [1.165, 1.54) is 25.3 Å². The number of carbonyl (C=O) groups excluding carboxylic acids is 3.